The lowest BCUT2D eigenvalue weighted by atomic mass is 10.1. The minimum absolute atomic E-state index is 0.0818. The molecule has 152 valence electrons. The molecule has 1 aliphatic heterocycles. The number of nitrogens with zero attached hydrogens (tertiary/aromatic N) is 1. The van der Waals surface area contributed by atoms with Gasteiger partial charge in [-0.15, -0.1) is 11.8 Å². The zero-order valence-electron chi connectivity index (χ0n) is 16.1. The summed E-state index contributed by atoms with van der Waals surface area (Å²) >= 11 is 7.43. The second kappa shape index (κ2) is 8.50. The van der Waals surface area contributed by atoms with Gasteiger partial charge in [-0.3, -0.25) is 14.5 Å². The number of amides is 2. The molecule has 1 N–H and O–H groups in total. The number of carbonyl (C=O) groups excluding carboxylic acids is 2. The third-order valence-electron chi connectivity index (χ3n) is 4.82. The molecule has 1 heterocycles. The predicted molar refractivity (Wildman–Crippen MR) is 120 cm³/mol. The lowest BCUT2D eigenvalue weighted by Gasteiger charge is -2.25. The molecular formula is C23H18ClFN2O2S. The van der Waals surface area contributed by atoms with Crippen LogP contribution in [0, 0.1) is 12.7 Å². The number of rotatable bonds is 4. The van der Waals surface area contributed by atoms with Crippen molar-refractivity contribution in [3.05, 3.63) is 94.3 Å². The van der Waals surface area contributed by atoms with Crippen LogP contribution in [0.5, 0.6) is 0 Å². The highest BCUT2D eigenvalue weighted by atomic mass is 35.5. The maximum absolute atomic E-state index is 14.1. The fraction of sp³-hybridized carbons (Fsp3) is 0.130. The second-order valence-electron chi connectivity index (χ2n) is 6.95. The van der Waals surface area contributed by atoms with Gasteiger partial charge in [-0.2, -0.15) is 0 Å². The highest BCUT2D eigenvalue weighted by Crippen LogP contribution is 2.42. The Morgan fingerprint density at radius 3 is 2.70 bits per heavy atom. The normalized spacial score (nSPS) is 16.0. The van der Waals surface area contributed by atoms with Crippen LogP contribution in [0.15, 0.2) is 66.7 Å². The monoisotopic (exact) mass is 440 g/mol. The van der Waals surface area contributed by atoms with E-state index in [0.29, 0.717) is 33.3 Å². The standard InChI is InChI=1S/C23H18ClFN2O2S/c1-14-8-9-19(12-20(14)25)27-21(28)13-30-23(27)16-5-3-7-18(11-16)26-22(29)15-4-2-6-17(24)10-15/h2-12,23H,13H2,1H3,(H,26,29)/t23-/m1/s1. The fourth-order valence-corrected chi connectivity index (χ4v) is 4.64. The van der Waals surface area contributed by atoms with E-state index in [0.717, 1.165) is 5.56 Å². The highest BCUT2D eigenvalue weighted by molar-refractivity contribution is 8.00. The third-order valence-corrected chi connectivity index (χ3v) is 6.27. The summed E-state index contributed by atoms with van der Waals surface area (Å²) < 4.78 is 14.1. The molecule has 1 saturated heterocycles. The molecule has 1 atom stereocenters. The second-order valence-corrected chi connectivity index (χ2v) is 8.46. The van der Waals surface area contributed by atoms with Crippen molar-refractivity contribution in [2.24, 2.45) is 0 Å². The Morgan fingerprint density at radius 1 is 1.13 bits per heavy atom. The van der Waals surface area contributed by atoms with E-state index < -0.39 is 0 Å². The summed E-state index contributed by atoms with van der Waals surface area (Å²) in [7, 11) is 0. The number of hydrogen-bond donors (Lipinski definition) is 1. The van der Waals surface area contributed by atoms with Gasteiger partial charge in [0.2, 0.25) is 5.91 Å². The molecule has 3 aromatic carbocycles. The number of carbonyl (C=O) groups is 2. The number of aryl methyl sites for hydroxylation is 1. The molecule has 0 aliphatic carbocycles. The Morgan fingerprint density at radius 2 is 1.93 bits per heavy atom. The van der Waals surface area contributed by atoms with Gasteiger partial charge in [-0.1, -0.05) is 35.9 Å². The number of benzene rings is 3. The van der Waals surface area contributed by atoms with E-state index in [2.05, 4.69) is 5.32 Å². The number of hydrogen-bond acceptors (Lipinski definition) is 3. The summed E-state index contributed by atoms with van der Waals surface area (Å²) in [6.45, 7) is 1.68. The summed E-state index contributed by atoms with van der Waals surface area (Å²) in [4.78, 5) is 26.7. The van der Waals surface area contributed by atoms with Crippen LogP contribution in [0.1, 0.15) is 26.9 Å². The minimum Gasteiger partial charge on any atom is -0.322 e. The van der Waals surface area contributed by atoms with Gasteiger partial charge >= 0.3 is 0 Å². The van der Waals surface area contributed by atoms with Crippen LogP contribution >= 0.6 is 23.4 Å². The maximum Gasteiger partial charge on any atom is 0.255 e. The Hall–Kier alpha value is -2.83. The van der Waals surface area contributed by atoms with Gasteiger partial charge in [-0.05, 0) is 60.5 Å². The first-order chi connectivity index (χ1) is 14.4. The molecule has 0 aromatic heterocycles. The molecule has 0 unspecified atom stereocenters. The van der Waals surface area contributed by atoms with Crippen LogP contribution in [0.3, 0.4) is 0 Å². The molecule has 7 heteroatoms. The smallest absolute Gasteiger partial charge is 0.255 e. The topological polar surface area (TPSA) is 49.4 Å². The molecule has 1 aliphatic rings. The van der Waals surface area contributed by atoms with Gasteiger partial charge in [-0.25, -0.2) is 4.39 Å². The summed E-state index contributed by atoms with van der Waals surface area (Å²) in [6, 6.07) is 18.8. The van der Waals surface area contributed by atoms with Gasteiger partial charge < -0.3 is 5.32 Å². The van der Waals surface area contributed by atoms with Crippen LogP contribution < -0.4 is 10.2 Å². The number of halogens is 2. The SMILES string of the molecule is Cc1ccc(N2C(=O)CS[C@@H]2c2cccc(NC(=O)c3cccc(Cl)c3)c2)cc1F. The van der Waals surface area contributed by atoms with Crippen molar-refractivity contribution in [2.75, 3.05) is 16.0 Å². The van der Waals surface area contributed by atoms with E-state index in [1.165, 1.54) is 17.8 Å². The summed E-state index contributed by atoms with van der Waals surface area (Å²) in [5.74, 6) is -0.401. The predicted octanol–water partition coefficient (Wildman–Crippen LogP) is 5.82. The van der Waals surface area contributed by atoms with Gasteiger partial charge in [0.05, 0.1) is 5.75 Å². The summed E-state index contributed by atoms with van der Waals surface area (Å²) in [5.41, 5.74) is 2.95. The zero-order chi connectivity index (χ0) is 21.3. The Balaban J connectivity index is 1.60. The maximum atomic E-state index is 14.1. The van der Waals surface area contributed by atoms with Crippen molar-refractivity contribution < 1.29 is 14.0 Å². The molecule has 0 spiro atoms. The van der Waals surface area contributed by atoms with Gasteiger partial charge in [0.1, 0.15) is 11.2 Å². The molecule has 2 amide bonds. The van der Waals surface area contributed by atoms with Gasteiger partial charge in [0.15, 0.2) is 0 Å². The van der Waals surface area contributed by atoms with E-state index in [4.69, 9.17) is 11.6 Å². The molecule has 0 bridgehead atoms. The highest BCUT2D eigenvalue weighted by Gasteiger charge is 2.34. The van der Waals surface area contributed by atoms with E-state index in [9.17, 15) is 14.0 Å². The number of thioether (sulfide) groups is 1. The van der Waals surface area contributed by atoms with Gasteiger partial charge in [0, 0.05) is 22.0 Å². The van der Waals surface area contributed by atoms with E-state index in [1.807, 2.05) is 18.2 Å². The summed E-state index contributed by atoms with van der Waals surface area (Å²) in [6.07, 6.45) is 0. The van der Waals surface area contributed by atoms with Crippen molar-refractivity contribution >= 4 is 46.6 Å². The fourth-order valence-electron chi connectivity index (χ4n) is 3.28. The Kier molecular flexibility index (Phi) is 5.79. The first-order valence-corrected chi connectivity index (χ1v) is 10.7. The molecule has 1 fully saturated rings. The lowest BCUT2D eigenvalue weighted by Crippen LogP contribution is -2.28. The van der Waals surface area contributed by atoms with Crippen molar-refractivity contribution in [1.29, 1.82) is 0 Å². The average molecular weight is 441 g/mol. The van der Waals surface area contributed by atoms with Crippen LogP contribution in [-0.2, 0) is 4.79 Å². The van der Waals surface area contributed by atoms with Gasteiger partial charge in [0.25, 0.3) is 5.91 Å². The van der Waals surface area contributed by atoms with Crippen LogP contribution in [-0.4, -0.2) is 17.6 Å². The van der Waals surface area contributed by atoms with Crippen LogP contribution in [0.25, 0.3) is 0 Å². The molecule has 0 saturated carbocycles. The first-order valence-electron chi connectivity index (χ1n) is 9.29. The largest absolute Gasteiger partial charge is 0.322 e. The van der Waals surface area contributed by atoms with Crippen LogP contribution in [0.4, 0.5) is 15.8 Å². The van der Waals surface area contributed by atoms with Crippen molar-refractivity contribution in [1.82, 2.24) is 0 Å². The zero-order valence-corrected chi connectivity index (χ0v) is 17.6. The number of anilines is 2. The molecule has 4 nitrogen and oxygen atoms in total. The van der Waals surface area contributed by atoms with E-state index >= 15 is 0 Å². The molecule has 3 aromatic rings. The molecular weight excluding hydrogens is 423 g/mol. The Labute approximate surface area is 183 Å². The van der Waals surface area contributed by atoms with E-state index in [-0.39, 0.29) is 23.0 Å². The van der Waals surface area contributed by atoms with Crippen molar-refractivity contribution in [2.45, 2.75) is 12.3 Å². The van der Waals surface area contributed by atoms with Crippen LogP contribution in [0.2, 0.25) is 5.02 Å². The first kappa shape index (κ1) is 20.4. The number of nitrogens with one attached hydrogen (secondary N) is 1. The third kappa shape index (κ3) is 4.20. The van der Waals surface area contributed by atoms with E-state index in [1.54, 1.807) is 54.3 Å². The molecule has 4 rings (SSSR count). The minimum atomic E-state index is -0.349. The average Bonchev–Trinajstić information content (AvgIpc) is 3.12. The quantitative estimate of drug-likeness (QED) is 0.556. The summed E-state index contributed by atoms with van der Waals surface area (Å²) in [5, 5.41) is 3.04. The molecule has 30 heavy (non-hydrogen) atoms. The van der Waals surface area contributed by atoms with Crippen molar-refractivity contribution in [3.8, 4) is 0 Å². The van der Waals surface area contributed by atoms with Crippen molar-refractivity contribution in [3.63, 3.8) is 0 Å². The molecule has 0 radical (unpaired) electrons. The Bertz CT molecular complexity index is 1140. The lowest BCUT2D eigenvalue weighted by molar-refractivity contribution is -0.115.